The summed E-state index contributed by atoms with van der Waals surface area (Å²) in [5.41, 5.74) is -2.63. The van der Waals surface area contributed by atoms with Crippen molar-refractivity contribution in [3.63, 3.8) is 0 Å². The fourth-order valence-electron chi connectivity index (χ4n) is 4.57. The van der Waals surface area contributed by atoms with Crippen LogP contribution >= 0.6 is 12.2 Å². The zero-order valence-corrected chi connectivity index (χ0v) is 20.8. The number of alkyl halides is 3. The molecule has 2 saturated heterocycles. The van der Waals surface area contributed by atoms with Crippen LogP contribution in [0, 0.1) is 0 Å². The Kier molecular flexibility index (Phi) is 7.17. The Hall–Kier alpha value is -1.83. The van der Waals surface area contributed by atoms with Crippen molar-refractivity contribution in [2.45, 2.75) is 37.3 Å². The Bertz CT molecular complexity index is 1130. The van der Waals surface area contributed by atoms with Gasteiger partial charge in [-0.15, -0.1) is 0 Å². The van der Waals surface area contributed by atoms with Gasteiger partial charge in [0.15, 0.2) is 5.60 Å². The van der Waals surface area contributed by atoms with E-state index in [1.165, 1.54) is 34.6 Å². The molecule has 2 aliphatic heterocycles. The molecule has 1 aliphatic carbocycles. The van der Waals surface area contributed by atoms with E-state index in [1.54, 1.807) is 12.2 Å². The van der Waals surface area contributed by atoms with Crippen LogP contribution in [0.15, 0.2) is 47.4 Å². The first-order valence-electron chi connectivity index (χ1n) is 11.3. The molecule has 0 bridgehead atoms. The van der Waals surface area contributed by atoms with Gasteiger partial charge in [-0.05, 0) is 30.7 Å². The molecular weight excluding hydrogens is 503 g/mol. The number of anilines is 1. The van der Waals surface area contributed by atoms with E-state index < -0.39 is 27.9 Å². The van der Waals surface area contributed by atoms with Crippen LogP contribution in [0.25, 0.3) is 0 Å². The Morgan fingerprint density at radius 3 is 2.34 bits per heavy atom. The third-order valence-electron chi connectivity index (χ3n) is 6.74. The van der Waals surface area contributed by atoms with Crippen molar-refractivity contribution in [3.8, 4) is 0 Å². The Labute approximate surface area is 208 Å². The summed E-state index contributed by atoms with van der Waals surface area (Å²) in [6.07, 6.45) is 0.140. The number of piperazine rings is 1. The molecule has 2 unspecified atom stereocenters. The van der Waals surface area contributed by atoms with E-state index in [0.717, 1.165) is 0 Å². The topological polar surface area (TPSA) is 84.3 Å². The second kappa shape index (κ2) is 9.56. The minimum atomic E-state index is -4.82. The number of β-amino-alcohol motifs (C(OH)–C–C–N with tert-alkyl or cyclic N) is 1. The standard InChI is InChI=1S/C23H28F3N3O4S2/c1-22(31,23(24,25)26)16-6-8-17(9-7-16)29-11-10-28(13-18(29)12-27-14-19(30)15-27)35(32,33)21-5-3-2-4-20(21)34/h2-3,5-9,18-19,30-31H,4,10-15H2,1H3. The highest BCUT2D eigenvalue weighted by atomic mass is 32.2. The third-order valence-corrected chi connectivity index (χ3v) is 9.21. The van der Waals surface area contributed by atoms with Crippen LogP contribution in [-0.2, 0) is 15.6 Å². The van der Waals surface area contributed by atoms with Crippen LogP contribution in [0.5, 0.6) is 0 Å². The molecule has 0 amide bonds. The number of likely N-dealkylation sites (tertiary alicyclic amines) is 1. The molecule has 3 aliphatic rings. The number of rotatable bonds is 6. The predicted molar refractivity (Wildman–Crippen MR) is 131 cm³/mol. The van der Waals surface area contributed by atoms with Crippen LogP contribution in [0.2, 0.25) is 0 Å². The van der Waals surface area contributed by atoms with Gasteiger partial charge in [0, 0.05) is 56.2 Å². The van der Waals surface area contributed by atoms with E-state index in [0.29, 0.717) is 50.1 Å². The molecule has 0 aromatic heterocycles. The molecule has 1 aromatic rings. The van der Waals surface area contributed by atoms with Gasteiger partial charge in [0.25, 0.3) is 0 Å². The molecule has 2 fully saturated rings. The van der Waals surface area contributed by atoms with Crippen molar-refractivity contribution >= 4 is 32.8 Å². The van der Waals surface area contributed by atoms with Crippen LogP contribution in [0.3, 0.4) is 0 Å². The summed E-state index contributed by atoms with van der Waals surface area (Å²) in [5.74, 6) is 0. The van der Waals surface area contributed by atoms with Crippen molar-refractivity contribution in [2.75, 3.05) is 44.2 Å². The Balaban J connectivity index is 1.58. The summed E-state index contributed by atoms with van der Waals surface area (Å²) in [4.78, 5) is 4.47. The lowest BCUT2D eigenvalue weighted by Crippen LogP contribution is -2.62. The average molecular weight is 532 g/mol. The summed E-state index contributed by atoms with van der Waals surface area (Å²) in [6, 6.07) is 5.22. The smallest absolute Gasteiger partial charge is 0.390 e. The number of halogens is 3. The second-order valence-electron chi connectivity index (χ2n) is 9.29. The Morgan fingerprint density at radius 2 is 1.77 bits per heavy atom. The second-order valence-corrected chi connectivity index (χ2v) is 11.7. The van der Waals surface area contributed by atoms with Crippen LogP contribution in [0.1, 0.15) is 18.9 Å². The lowest BCUT2D eigenvalue weighted by molar-refractivity contribution is -0.258. The van der Waals surface area contributed by atoms with Crippen LogP contribution in [-0.4, -0.2) is 90.3 Å². The van der Waals surface area contributed by atoms with Crippen molar-refractivity contribution in [1.29, 1.82) is 0 Å². The molecule has 2 atom stereocenters. The molecule has 0 saturated carbocycles. The number of aliphatic hydroxyl groups excluding tert-OH is 1. The van der Waals surface area contributed by atoms with Gasteiger partial charge in [-0.2, -0.15) is 17.5 Å². The van der Waals surface area contributed by atoms with E-state index in [4.69, 9.17) is 12.2 Å². The maximum Gasteiger partial charge on any atom is 0.421 e. The molecule has 12 heteroatoms. The SMILES string of the molecule is CC(O)(c1ccc(N2CCN(S(=O)(=O)C3=CC=CCC3=S)CC2CN2CC(O)C2)cc1)C(F)(F)F. The van der Waals surface area contributed by atoms with Gasteiger partial charge >= 0.3 is 6.18 Å². The fraction of sp³-hybridized carbons (Fsp3) is 0.522. The van der Waals surface area contributed by atoms with Gasteiger partial charge in [0.05, 0.1) is 17.1 Å². The van der Waals surface area contributed by atoms with E-state index in [-0.39, 0.29) is 29.6 Å². The first kappa shape index (κ1) is 26.2. The minimum Gasteiger partial charge on any atom is -0.390 e. The minimum absolute atomic E-state index is 0.125. The van der Waals surface area contributed by atoms with E-state index >= 15 is 0 Å². The highest BCUT2D eigenvalue weighted by molar-refractivity contribution is 7.96. The van der Waals surface area contributed by atoms with E-state index in [2.05, 4.69) is 0 Å². The first-order valence-corrected chi connectivity index (χ1v) is 13.1. The lowest BCUT2D eigenvalue weighted by atomic mass is 9.95. The summed E-state index contributed by atoms with van der Waals surface area (Å²) in [5, 5.41) is 19.6. The number of aliphatic hydroxyl groups is 2. The predicted octanol–water partition coefficient (Wildman–Crippen LogP) is 2.17. The monoisotopic (exact) mass is 531 g/mol. The highest BCUT2D eigenvalue weighted by Gasteiger charge is 2.51. The summed E-state index contributed by atoms with van der Waals surface area (Å²) >= 11 is 5.28. The lowest BCUT2D eigenvalue weighted by Gasteiger charge is -2.46. The zero-order chi connectivity index (χ0) is 25.6. The molecular formula is C23H28F3N3O4S2. The third kappa shape index (κ3) is 5.18. The van der Waals surface area contributed by atoms with Crippen LogP contribution in [0.4, 0.5) is 18.9 Å². The quantitative estimate of drug-likeness (QED) is 0.545. The van der Waals surface area contributed by atoms with Gasteiger partial charge in [0.2, 0.25) is 10.0 Å². The number of benzene rings is 1. The van der Waals surface area contributed by atoms with Gasteiger partial charge in [-0.3, -0.25) is 4.90 Å². The highest BCUT2D eigenvalue weighted by Crippen LogP contribution is 2.39. The van der Waals surface area contributed by atoms with E-state index in [9.17, 15) is 31.8 Å². The van der Waals surface area contributed by atoms with Gasteiger partial charge in [-0.1, -0.05) is 36.5 Å². The normalized spacial score (nSPS) is 24.7. The maximum absolute atomic E-state index is 13.3. The van der Waals surface area contributed by atoms with Gasteiger partial charge in [0.1, 0.15) is 0 Å². The number of hydrogen-bond donors (Lipinski definition) is 2. The number of thiocarbonyl (C=S) groups is 1. The van der Waals surface area contributed by atoms with Crippen LogP contribution < -0.4 is 4.90 Å². The zero-order valence-electron chi connectivity index (χ0n) is 19.1. The average Bonchev–Trinajstić information content (AvgIpc) is 2.77. The summed E-state index contributed by atoms with van der Waals surface area (Å²) in [6.45, 7) is 2.83. The van der Waals surface area contributed by atoms with Crippen molar-refractivity contribution in [1.82, 2.24) is 9.21 Å². The van der Waals surface area contributed by atoms with Crippen molar-refractivity contribution in [3.05, 3.63) is 53.0 Å². The van der Waals surface area contributed by atoms with Crippen molar-refractivity contribution < 1.29 is 31.8 Å². The number of hydrogen-bond acceptors (Lipinski definition) is 7. The molecule has 192 valence electrons. The number of sulfonamides is 1. The first-order chi connectivity index (χ1) is 16.3. The summed E-state index contributed by atoms with van der Waals surface area (Å²) in [7, 11) is -3.80. The summed E-state index contributed by atoms with van der Waals surface area (Å²) < 4.78 is 67.8. The molecule has 35 heavy (non-hydrogen) atoms. The van der Waals surface area contributed by atoms with E-state index in [1.807, 2.05) is 9.80 Å². The molecule has 0 radical (unpaired) electrons. The Morgan fingerprint density at radius 1 is 1.11 bits per heavy atom. The molecule has 1 aromatic carbocycles. The van der Waals surface area contributed by atoms with Gasteiger partial charge < -0.3 is 15.1 Å². The number of nitrogens with zero attached hydrogens (tertiary/aromatic N) is 3. The van der Waals surface area contributed by atoms with Crippen molar-refractivity contribution in [2.24, 2.45) is 0 Å². The number of allylic oxidation sites excluding steroid dienone is 4. The largest absolute Gasteiger partial charge is 0.421 e. The fourth-order valence-corrected chi connectivity index (χ4v) is 6.64. The molecule has 7 nitrogen and oxygen atoms in total. The molecule has 2 heterocycles. The maximum atomic E-state index is 13.3. The molecule has 0 spiro atoms. The van der Waals surface area contributed by atoms with Gasteiger partial charge in [-0.25, -0.2) is 8.42 Å². The molecule has 2 N–H and O–H groups in total. The molecule has 4 rings (SSSR count).